The number of rotatable bonds is 8. The van der Waals surface area contributed by atoms with Gasteiger partial charge >= 0.3 is 0 Å². The summed E-state index contributed by atoms with van der Waals surface area (Å²) in [5.74, 6) is 0.650. The molecule has 0 aliphatic heterocycles. The standard InChI is InChI=1S/C17H33NO2S/c1-14-7-3-4-8-16(14)20-12-15(19)11-18-13-17(21-2)9-5-6-10-17/h14-16,18-19H,3-13H2,1-2H3. The predicted octanol–water partition coefficient (Wildman–Crippen LogP) is 3.21. The van der Waals surface area contributed by atoms with Crippen molar-refractivity contribution in [3.63, 3.8) is 0 Å². The third kappa shape index (κ3) is 5.42. The molecule has 2 aliphatic rings. The summed E-state index contributed by atoms with van der Waals surface area (Å²) in [6.45, 7) is 4.43. The van der Waals surface area contributed by atoms with Crippen LogP contribution in [0.4, 0.5) is 0 Å². The third-order valence-corrected chi connectivity index (χ3v) is 6.73. The van der Waals surface area contributed by atoms with E-state index in [2.05, 4.69) is 18.5 Å². The molecule has 0 radical (unpaired) electrons. The van der Waals surface area contributed by atoms with Crippen LogP contribution in [0.2, 0.25) is 0 Å². The van der Waals surface area contributed by atoms with Crippen LogP contribution in [0.25, 0.3) is 0 Å². The molecular formula is C17H33NO2S. The fourth-order valence-corrected chi connectivity index (χ4v) is 4.71. The molecule has 2 N–H and O–H groups in total. The van der Waals surface area contributed by atoms with Gasteiger partial charge in [-0.05, 0) is 37.9 Å². The van der Waals surface area contributed by atoms with E-state index in [4.69, 9.17) is 4.74 Å². The van der Waals surface area contributed by atoms with Gasteiger partial charge in [-0.1, -0.05) is 32.6 Å². The minimum Gasteiger partial charge on any atom is -0.389 e. The number of aliphatic hydroxyl groups excluding tert-OH is 1. The van der Waals surface area contributed by atoms with Crippen LogP contribution in [0.3, 0.4) is 0 Å². The van der Waals surface area contributed by atoms with Crippen molar-refractivity contribution in [3.8, 4) is 0 Å². The lowest BCUT2D eigenvalue weighted by Crippen LogP contribution is -2.40. The summed E-state index contributed by atoms with van der Waals surface area (Å²) in [5, 5.41) is 13.6. The lowest BCUT2D eigenvalue weighted by Gasteiger charge is -2.30. The van der Waals surface area contributed by atoms with Crippen molar-refractivity contribution in [3.05, 3.63) is 0 Å². The summed E-state index contributed by atoms with van der Waals surface area (Å²) in [7, 11) is 0. The van der Waals surface area contributed by atoms with Crippen molar-refractivity contribution in [2.24, 2.45) is 5.92 Å². The SMILES string of the molecule is CSC1(CNCC(O)COC2CCCCC2C)CCCC1. The second-order valence-corrected chi connectivity index (χ2v) is 8.29. The van der Waals surface area contributed by atoms with E-state index >= 15 is 0 Å². The Bertz CT molecular complexity index is 295. The van der Waals surface area contributed by atoms with E-state index in [0.29, 0.717) is 29.9 Å². The van der Waals surface area contributed by atoms with E-state index < -0.39 is 0 Å². The monoisotopic (exact) mass is 315 g/mol. The molecule has 3 unspecified atom stereocenters. The van der Waals surface area contributed by atoms with Gasteiger partial charge in [-0.3, -0.25) is 0 Å². The van der Waals surface area contributed by atoms with Gasteiger partial charge in [-0.25, -0.2) is 0 Å². The molecule has 3 nitrogen and oxygen atoms in total. The number of hydrogen-bond donors (Lipinski definition) is 2. The molecule has 2 rings (SSSR count). The van der Waals surface area contributed by atoms with Crippen LogP contribution in [-0.2, 0) is 4.74 Å². The maximum Gasteiger partial charge on any atom is 0.0897 e. The molecule has 0 amide bonds. The second-order valence-electron chi connectivity index (χ2n) is 7.01. The van der Waals surface area contributed by atoms with Gasteiger partial charge in [0.25, 0.3) is 0 Å². The maximum absolute atomic E-state index is 10.1. The molecule has 0 heterocycles. The molecule has 0 aromatic rings. The molecule has 0 saturated heterocycles. The minimum atomic E-state index is -0.376. The molecule has 2 saturated carbocycles. The maximum atomic E-state index is 10.1. The Morgan fingerprint density at radius 1 is 1.24 bits per heavy atom. The summed E-state index contributed by atoms with van der Waals surface area (Å²) in [6.07, 6.45) is 12.6. The Morgan fingerprint density at radius 3 is 2.62 bits per heavy atom. The van der Waals surface area contributed by atoms with Crippen molar-refractivity contribution < 1.29 is 9.84 Å². The lowest BCUT2D eigenvalue weighted by molar-refractivity contribution is -0.0451. The Kier molecular flexibility index (Phi) is 7.33. The molecule has 21 heavy (non-hydrogen) atoms. The predicted molar refractivity (Wildman–Crippen MR) is 91.0 cm³/mol. The molecular weight excluding hydrogens is 282 g/mol. The first kappa shape index (κ1) is 17.6. The van der Waals surface area contributed by atoms with Gasteiger partial charge in [0, 0.05) is 17.8 Å². The molecule has 2 aliphatic carbocycles. The normalized spacial score (nSPS) is 30.4. The van der Waals surface area contributed by atoms with E-state index in [9.17, 15) is 5.11 Å². The Hall–Kier alpha value is 0.230. The van der Waals surface area contributed by atoms with Crippen LogP contribution in [-0.4, -0.2) is 48.0 Å². The van der Waals surface area contributed by atoms with Crippen molar-refractivity contribution in [2.75, 3.05) is 26.0 Å². The first-order valence-electron chi connectivity index (χ1n) is 8.71. The van der Waals surface area contributed by atoms with Crippen LogP contribution < -0.4 is 5.32 Å². The van der Waals surface area contributed by atoms with Crippen LogP contribution >= 0.6 is 11.8 Å². The first-order valence-corrected chi connectivity index (χ1v) is 9.93. The molecule has 0 aromatic heterocycles. The zero-order chi connectivity index (χ0) is 15.1. The fraction of sp³-hybridized carbons (Fsp3) is 1.00. The van der Waals surface area contributed by atoms with Gasteiger partial charge in [0.05, 0.1) is 18.8 Å². The zero-order valence-electron chi connectivity index (χ0n) is 13.8. The van der Waals surface area contributed by atoms with Gasteiger partial charge in [-0.15, -0.1) is 0 Å². The molecule has 0 spiro atoms. The van der Waals surface area contributed by atoms with Gasteiger partial charge in [0.1, 0.15) is 0 Å². The summed E-state index contributed by atoms with van der Waals surface area (Å²) in [5.41, 5.74) is 0. The second kappa shape index (κ2) is 8.76. The van der Waals surface area contributed by atoms with Crippen LogP contribution in [0.5, 0.6) is 0 Å². The number of hydrogen-bond acceptors (Lipinski definition) is 4. The van der Waals surface area contributed by atoms with Crippen LogP contribution in [0, 0.1) is 5.92 Å². The first-order chi connectivity index (χ1) is 10.2. The van der Waals surface area contributed by atoms with Crippen molar-refractivity contribution in [1.29, 1.82) is 0 Å². The van der Waals surface area contributed by atoms with Crippen molar-refractivity contribution in [1.82, 2.24) is 5.32 Å². The number of ether oxygens (including phenoxy) is 1. The van der Waals surface area contributed by atoms with E-state index in [1.54, 1.807) is 0 Å². The summed E-state index contributed by atoms with van der Waals surface area (Å²) in [6, 6.07) is 0. The number of nitrogens with one attached hydrogen (secondary N) is 1. The van der Waals surface area contributed by atoms with E-state index in [1.807, 2.05) is 11.8 Å². The molecule has 4 heteroatoms. The molecule has 3 atom stereocenters. The average Bonchev–Trinajstić information content (AvgIpc) is 2.96. The summed E-state index contributed by atoms with van der Waals surface area (Å²) in [4.78, 5) is 0. The summed E-state index contributed by atoms with van der Waals surface area (Å²) < 4.78 is 6.35. The van der Waals surface area contributed by atoms with E-state index in [0.717, 1.165) is 13.0 Å². The molecule has 0 bridgehead atoms. The summed E-state index contributed by atoms with van der Waals surface area (Å²) >= 11 is 1.99. The highest BCUT2D eigenvalue weighted by atomic mass is 32.2. The largest absolute Gasteiger partial charge is 0.389 e. The van der Waals surface area contributed by atoms with Crippen molar-refractivity contribution in [2.45, 2.75) is 75.2 Å². The molecule has 2 fully saturated rings. The fourth-order valence-electron chi connectivity index (χ4n) is 3.76. The van der Waals surface area contributed by atoms with Gasteiger partial charge in [0.2, 0.25) is 0 Å². The van der Waals surface area contributed by atoms with Crippen LogP contribution in [0.15, 0.2) is 0 Å². The number of aliphatic hydroxyl groups is 1. The highest BCUT2D eigenvalue weighted by Crippen LogP contribution is 2.39. The Morgan fingerprint density at radius 2 is 1.95 bits per heavy atom. The average molecular weight is 316 g/mol. The molecule has 124 valence electrons. The third-order valence-electron chi connectivity index (χ3n) is 5.31. The Labute approximate surface area is 134 Å². The quantitative estimate of drug-likeness (QED) is 0.722. The smallest absolute Gasteiger partial charge is 0.0897 e. The number of thioether (sulfide) groups is 1. The van der Waals surface area contributed by atoms with Gasteiger partial charge < -0.3 is 15.2 Å². The van der Waals surface area contributed by atoms with Crippen molar-refractivity contribution >= 4 is 11.8 Å². The topological polar surface area (TPSA) is 41.5 Å². The molecule has 0 aromatic carbocycles. The van der Waals surface area contributed by atoms with Gasteiger partial charge in [0.15, 0.2) is 0 Å². The van der Waals surface area contributed by atoms with Crippen LogP contribution in [0.1, 0.15) is 58.3 Å². The van der Waals surface area contributed by atoms with Gasteiger partial charge in [-0.2, -0.15) is 11.8 Å². The highest BCUT2D eigenvalue weighted by molar-refractivity contribution is 8.00. The minimum absolute atomic E-state index is 0.362. The zero-order valence-corrected chi connectivity index (χ0v) is 14.6. The van der Waals surface area contributed by atoms with E-state index in [-0.39, 0.29) is 6.10 Å². The Balaban J connectivity index is 1.60. The highest BCUT2D eigenvalue weighted by Gasteiger charge is 2.32. The van der Waals surface area contributed by atoms with E-state index in [1.165, 1.54) is 44.9 Å². The lowest BCUT2D eigenvalue weighted by atomic mass is 9.88.